The van der Waals surface area contributed by atoms with Crippen LogP contribution in [0.1, 0.15) is 30.3 Å². The van der Waals surface area contributed by atoms with Crippen molar-refractivity contribution in [2.45, 2.75) is 38.0 Å². The van der Waals surface area contributed by atoms with E-state index >= 15 is 0 Å². The van der Waals surface area contributed by atoms with Crippen LogP contribution < -0.4 is 15.5 Å². The highest BCUT2D eigenvalue weighted by Gasteiger charge is 2.38. The van der Waals surface area contributed by atoms with E-state index in [0.29, 0.717) is 5.82 Å². The molecule has 3 rings (SSSR count). The number of nitrogens with zero attached hydrogens (tertiary/aromatic N) is 2. The number of hydrogen-bond acceptors (Lipinski definition) is 4. The number of aromatic nitrogens is 1. The summed E-state index contributed by atoms with van der Waals surface area (Å²) in [6.07, 6.45) is -2.48. The van der Waals surface area contributed by atoms with Gasteiger partial charge in [-0.05, 0) is 25.8 Å². The molecule has 126 valence electrons. The van der Waals surface area contributed by atoms with Gasteiger partial charge < -0.3 is 15.5 Å². The molecule has 1 amide bonds. The molecular weight excluding hydrogens is 333 g/mol. The molecule has 1 fully saturated rings. The van der Waals surface area contributed by atoms with Crippen LogP contribution in [0.15, 0.2) is 6.07 Å². The zero-order chi connectivity index (χ0) is 16.8. The van der Waals surface area contributed by atoms with Crippen LogP contribution in [0, 0.1) is 0 Å². The molecule has 2 atom stereocenters. The van der Waals surface area contributed by atoms with Gasteiger partial charge in [-0.1, -0.05) is 11.6 Å². The number of carbonyl (C=O) groups is 1. The van der Waals surface area contributed by atoms with Gasteiger partial charge in [0.2, 0.25) is 0 Å². The smallest absolute Gasteiger partial charge is 0.366 e. The van der Waals surface area contributed by atoms with Crippen LogP contribution >= 0.6 is 11.6 Å². The van der Waals surface area contributed by atoms with Crippen molar-refractivity contribution < 1.29 is 18.0 Å². The zero-order valence-corrected chi connectivity index (χ0v) is 13.1. The van der Waals surface area contributed by atoms with Crippen LogP contribution in [0.5, 0.6) is 0 Å². The number of carbonyl (C=O) groups excluding carboxylic acids is 1. The molecule has 0 aromatic carbocycles. The highest BCUT2D eigenvalue weighted by atomic mass is 35.5. The number of amides is 1. The number of fused-ring (bicyclic) bond motifs is 4. The molecule has 1 aromatic rings. The Morgan fingerprint density at radius 2 is 2.30 bits per heavy atom. The minimum Gasteiger partial charge on any atom is -0.366 e. The predicted molar refractivity (Wildman–Crippen MR) is 81.1 cm³/mol. The maximum absolute atomic E-state index is 12.6. The molecule has 2 aliphatic rings. The van der Waals surface area contributed by atoms with Crippen molar-refractivity contribution in [3.8, 4) is 0 Å². The van der Waals surface area contributed by atoms with Crippen molar-refractivity contribution >= 4 is 29.0 Å². The van der Waals surface area contributed by atoms with Crippen LogP contribution in [0.4, 0.5) is 24.7 Å². The molecule has 2 bridgehead atoms. The predicted octanol–water partition coefficient (Wildman–Crippen LogP) is 2.81. The highest BCUT2D eigenvalue weighted by Crippen LogP contribution is 2.36. The Morgan fingerprint density at radius 1 is 1.57 bits per heavy atom. The molecule has 5 nitrogen and oxygen atoms in total. The van der Waals surface area contributed by atoms with Crippen LogP contribution in [-0.2, 0) is 0 Å². The quantitative estimate of drug-likeness (QED) is 0.863. The number of anilines is 2. The molecule has 2 aliphatic heterocycles. The first-order chi connectivity index (χ1) is 10.8. The Balaban J connectivity index is 1.87. The first kappa shape index (κ1) is 16.2. The van der Waals surface area contributed by atoms with Crippen molar-refractivity contribution in [2.75, 3.05) is 23.3 Å². The van der Waals surface area contributed by atoms with Gasteiger partial charge in [0.05, 0.1) is 10.7 Å². The highest BCUT2D eigenvalue weighted by molar-refractivity contribution is 6.34. The average Bonchev–Trinajstić information content (AvgIpc) is 2.47. The second-order valence-electron chi connectivity index (χ2n) is 5.85. The average molecular weight is 349 g/mol. The maximum Gasteiger partial charge on any atom is 0.408 e. The molecule has 2 N–H and O–H groups in total. The summed E-state index contributed by atoms with van der Waals surface area (Å²) in [5, 5.41) is 5.15. The molecule has 1 aromatic heterocycles. The lowest BCUT2D eigenvalue weighted by Crippen LogP contribution is -2.47. The summed E-state index contributed by atoms with van der Waals surface area (Å²) in [5.41, 5.74) is 0.585. The van der Waals surface area contributed by atoms with Crippen molar-refractivity contribution in [1.29, 1.82) is 0 Å². The molecule has 23 heavy (non-hydrogen) atoms. The Kier molecular flexibility index (Phi) is 4.03. The number of piperidine rings is 1. The first-order valence-electron chi connectivity index (χ1n) is 7.35. The Bertz CT molecular complexity index is 637. The lowest BCUT2D eigenvalue weighted by Gasteiger charge is -2.40. The van der Waals surface area contributed by atoms with E-state index in [9.17, 15) is 18.0 Å². The number of rotatable bonds is 2. The second kappa shape index (κ2) is 5.74. The molecule has 0 saturated carbocycles. The fourth-order valence-corrected chi connectivity index (χ4v) is 3.07. The van der Waals surface area contributed by atoms with Gasteiger partial charge in [0.25, 0.3) is 5.91 Å². The van der Waals surface area contributed by atoms with Gasteiger partial charge in [0, 0.05) is 19.1 Å². The third-order valence-electron chi connectivity index (χ3n) is 4.11. The topological polar surface area (TPSA) is 57.3 Å². The number of nitrogens with one attached hydrogen (secondary N) is 2. The van der Waals surface area contributed by atoms with Gasteiger partial charge in [0.1, 0.15) is 11.7 Å². The van der Waals surface area contributed by atoms with Crippen LogP contribution in [0.2, 0.25) is 5.02 Å². The van der Waals surface area contributed by atoms with E-state index < -0.39 is 18.1 Å². The number of pyridine rings is 1. The van der Waals surface area contributed by atoms with Crippen LogP contribution in [-0.4, -0.2) is 42.2 Å². The number of alkyl halides is 3. The van der Waals surface area contributed by atoms with E-state index in [1.165, 1.54) is 0 Å². The van der Waals surface area contributed by atoms with E-state index in [-0.39, 0.29) is 16.8 Å². The van der Waals surface area contributed by atoms with Gasteiger partial charge in [-0.15, -0.1) is 0 Å². The Morgan fingerprint density at radius 3 is 3.00 bits per heavy atom. The summed E-state index contributed by atoms with van der Waals surface area (Å²) < 4.78 is 37.7. The van der Waals surface area contributed by atoms with Crippen molar-refractivity contribution in [2.24, 2.45) is 0 Å². The summed E-state index contributed by atoms with van der Waals surface area (Å²) in [6, 6.07) is -0.152. The van der Waals surface area contributed by atoms with Gasteiger partial charge in [-0.2, -0.15) is 13.2 Å². The summed E-state index contributed by atoms with van der Waals surface area (Å²) in [6.45, 7) is 2.58. The van der Waals surface area contributed by atoms with E-state index in [4.69, 9.17) is 11.6 Å². The van der Waals surface area contributed by atoms with E-state index in [1.807, 2.05) is 5.32 Å². The molecule has 0 radical (unpaired) electrons. The minimum atomic E-state index is -4.52. The molecule has 1 saturated heterocycles. The van der Waals surface area contributed by atoms with Gasteiger partial charge in [-0.25, -0.2) is 4.98 Å². The molecule has 3 heterocycles. The SMILES string of the molecule is C[C@@H](NC(=O)c1nc2c(cc1Cl)N1CCC[C@@H](C1)N2)C(F)(F)F. The summed E-state index contributed by atoms with van der Waals surface area (Å²) in [7, 11) is 0. The first-order valence-corrected chi connectivity index (χ1v) is 7.73. The molecule has 9 heteroatoms. The molecule has 0 unspecified atom stereocenters. The van der Waals surface area contributed by atoms with Crippen LogP contribution in [0.25, 0.3) is 0 Å². The maximum atomic E-state index is 12.6. The molecule has 0 aliphatic carbocycles. The van der Waals surface area contributed by atoms with E-state index in [2.05, 4.69) is 15.2 Å². The van der Waals surface area contributed by atoms with Crippen molar-refractivity contribution in [3.63, 3.8) is 0 Å². The van der Waals surface area contributed by atoms with Crippen molar-refractivity contribution in [1.82, 2.24) is 10.3 Å². The fraction of sp³-hybridized carbons (Fsp3) is 0.571. The standard InChI is InChI=1S/C14H16ClF3N4O/c1-7(14(16,17)18)19-13(23)11-9(15)5-10-12(21-11)20-8-3-2-4-22(10)6-8/h5,7-8H,2-4,6H2,1H3,(H,19,23)(H,20,21)/t7-,8+/m1/s1. The normalized spacial score (nSPS) is 21.3. The number of hydrogen-bond donors (Lipinski definition) is 2. The lowest BCUT2D eigenvalue weighted by atomic mass is 10.0. The lowest BCUT2D eigenvalue weighted by molar-refractivity contribution is -0.149. The Labute approximate surface area is 136 Å². The Hall–Kier alpha value is -1.70. The van der Waals surface area contributed by atoms with Gasteiger partial charge >= 0.3 is 6.18 Å². The monoisotopic (exact) mass is 348 g/mol. The van der Waals surface area contributed by atoms with Crippen molar-refractivity contribution in [3.05, 3.63) is 16.8 Å². The third-order valence-corrected chi connectivity index (χ3v) is 4.40. The van der Waals surface area contributed by atoms with E-state index in [0.717, 1.165) is 38.5 Å². The minimum absolute atomic E-state index is 0.0430. The fourth-order valence-electron chi connectivity index (χ4n) is 2.84. The zero-order valence-electron chi connectivity index (χ0n) is 12.4. The largest absolute Gasteiger partial charge is 0.408 e. The summed E-state index contributed by atoms with van der Waals surface area (Å²) in [4.78, 5) is 18.3. The van der Waals surface area contributed by atoms with Gasteiger partial charge in [0.15, 0.2) is 5.82 Å². The van der Waals surface area contributed by atoms with E-state index in [1.54, 1.807) is 6.07 Å². The summed E-state index contributed by atoms with van der Waals surface area (Å²) >= 11 is 6.07. The summed E-state index contributed by atoms with van der Waals surface area (Å²) in [5.74, 6) is -0.440. The molecular formula is C14H16ClF3N4O. The second-order valence-corrected chi connectivity index (χ2v) is 6.26. The van der Waals surface area contributed by atoms with Crippen LogP contribution in [0.3, 0.4) is 0 Å². The number of halogens is 4. The third kappa shape index (κ3) is 3.17. The van der Waals surface area contributed by atoms with Gasteiger partial charge in [-0.3, -0.25) is 4.79 Å². The molecule has 0 spiro atoms.